The first kappa shape index (κ1) is 15.5. The molecule has 0 aliphatic rings. The first-order valence-corrected chi connectivity index (χ1v) is 6.35. The molecule has 0 fully saturated rings. The number of carbonyl (C=O) groups is 1. The van der Waals surface area contributed by atoms with Crippen molar-refractivity contribution in [3.05, 3.63) is 29.8 Å². The Morgan fingerprint density at radius 1 is 1.32 bits per heavy atom. The second-order valence-electron chi connectivity index (χ2n) is 4.34. The monoisotopic (exact) mass is 266 g/mol. The number of methoxy groups -OCH3 is 1. The minimum absolute atomic E-state index is 0.0251. The van der Waals surface area contributed by atoms with Crippen LogP contribution in [0.25, 0.3) is 0 Å². The molecule has 0 aromatic heterocycles. The number of rotatable bonds is 8. The van der Waals surface area contributed by atoms with Gasteiger partial charge in [0.2, 0.25) is 5.91 Å². The lowest BCUT2D eigenvalue weighted by Gasteiger charge is -2.10. The summed E-state index contributed by atoms with van der Waals surface area (Å²) in [7, 11) is 1.64. The number of ether oxygens (including phenoxy) is 2. The van der Waals surface area contributed by atoms with E-state index in [2.05, 4.69) is 5.32 Å². The summed E-state index contributed by atoms with van der Waals surface area (Å²) in [4.78, 5) is 11.6. The molecule has 3 N–H and O–H groups in total. The topological polar surface area (TPSA) is 73.6 Å². The van der Waals surface area contributed by atoms with Crippen LogP contribution in [-0.4, -0.2) is 32.8 Å². The predicted octanol–water partition coefficient (Wildman–Crippen LogP) is 0.923. The zero-order valence-electron chi connectivity index (χ0n) is 11.5. The number of nitrogens with two attached hydrogens (primary N) is 1. The van der Waals surface area contributed by atoms with E-state index in [0.29, 0.717) is 26.3 Å². The molecule has 0 spiro atoms. The fraction of sp³-hybridized carbons (Fsp3) is 0.500. The Morgan fingerprint density at radius 2 is 2.00 bits per heavy atom. The summed E-state index contributed by atoms with van der Waals surface area (Å²) in [5.74, 6) is 0.613. The zero-order chi connectivity index (χ0) is 14.1. The van der Waals surface area contributed by atoms with E-state index in [9.17, 15) is 4.79 Å². The van der Waals surface area contributed by atoms with Crippen LogP contribution >= 0.6 is 0 Å². The van der Waals surface area contributed by atoms with Gasteiger partial charge in [0.15, 0.2) is 0 Å². The lowest BCUT2D eigenvalue weighted by molar-refractivity contribution is -0.124. The van der Waals surface area contributed by atoms with E-state index < -0.39 is 0 Å². The Bertz CT molecular complexity index is 379. The third-order valence-electron chi connectivity index (χ3n) is 2.75. The minimum atomic E-state index is -0.156. The molecule has 0 aliphatic heterocycles. The number of benzene rings is 1. The van der Waals surface area contributed by atoms with Crippen LogP contribution in [0.1, 0.15) is 12.5 Å². The van der Waals surface area contributed by atoms with Gasteiger partial charge < -0.3 is 20.5 Å². The van der Waals surface area contributed by atoms with Gasteiger partial charge in [-0.2, -0.15) is 0 Å². The van der Waals surface area contributed by atoms with Gasteiger partial charge in [0.25, 0.3) is 0 Å². The molecule has 0 heterocycles. The highest BCUT2D eigenvalue weighted by molar-refractivity contribution is 5.78. The van der Waals surface area contributed by atoms with Crippen LogP contribution in [0.3, 0.4) is 0 Å². The second-order valence-corrected chi connectivity index (χ2v) is 4.34. The number of carbonyl (C=O) groups excluding carboxylic acids is 1. The molecule has 1 aromatic rings. The van der Waals surface area contributed by atoms with Crippen LogP contribution in [0.2, 0.25) is 0 Å². The van der Waals surface area contributed by atoms with Crippen molar-refractivity contribution in [2.45, 2.75) is 13.5 Å². The molecule has 5 heteroatoms. The quantitative estimate of drug-likeness (QED) is 0.686. The van der Waals surface area contributed by atoms with E-state index in [1.54, 1.807) is 7.11 Å². The highest BCUT2D eigenvalue weighted by atomic mass is 16.5. The van der Waals surface area contributed by atoms with Crippen molar-refractivity contribution >= 4 is 5.91 Å². The average Bonchev–Trinajstić information content (AvgIpc) is 2.45. The maximum Gasteiger partial charge on any atom is 0.224 e. The average molecular weight is 266 g/mol. The Morgan fingerprint density at radius 3 is 2.58 bits per heavy atom. The molecular weight excluding hydrogens is 244 g/mol. The molecule has 5 nitrogen and oxygen atoms in total. The molecule has 0 bridgehead atoms. The molecule has 19 heavy (non-hydrogen) atoms. The molecular formula is C14H22N2O3. The summed E-state index contributed by atoms with van der Waals surface area (Å²) in [5, 5.41) is 2.84. The summed E-state index contributed by atoms with van der Waals surface area (Å²) >= 11 is 0. The summed E-state index contributed by atoms with van der Waals surface area (Å²) < 4.78 is 10.4. The molecule has 1 rings (SSSR count). The second kappa shape index (κ2) is 8.50. The Hall–Kier alpha value is -1.59. The summed E-state index contributed by atoms with van der Waals surface area (Å²) in [5.41, 5.74) is 6.46. The molecule has 0 aliphatic carbocycles. The highest BCUT2D eigenvalue weighted by Crippen LogP contribution is 2.12. The number of hydrogen-bond acceptors (Lipinski definition) is 4. The maximum absolute atomic E-state index is 11.6. The lowest BCUT2D eigenvalue weighted by atomic mass is 10.1. The maximum atomic E-state index is 11.6. The van der Waals surface area contributed by atoms with Gasteiger partial charge in [0, 0.05) is 26.1 Å². The molecule has 1 atom stereocenters. The van der Waals surface area contributed by atoms with Crippen LogP contribution in [-0.2, 0) is 16.1 Å². The van der Waals surface area contributed by atoms with Gasteiger partial charge >= 0.3 is 0 Å². The minimum Gasteiger partial charge on any atom is -0.491 e. The smallest absolute Gasteiger partial charge is 0.224 e. The van der Waals surface area contributed by atoms with Gasteiger partial charge in [-0.25, -0.2) is 0 Å². The van der Waals surface area contributed by atoms with E-state index in [-0.39, 0.29) is 11.8 Å². The Balaban J connectivity index is 2.37. The van der Waals surface area contributed by atoms with Crippen molar-refractivity contribution in [2.75, 3.05) is 26.9 Å². The van der Waals surface area contributed by atoms with Crippen molar-refractivity contribution in [2.24, 2.45) is 11.7 Å². The van der Waals surface area contributed by atoms with E-state index >= 15 is 0 Å². The highest BCUT2D eigenvalue weighted by Gasteiger charge is 2.09. The summed E-state index contributed by atoms with van der Waals surface area (Å²) in [6, 6.07) is 7.61. The summed E-state index contributed by atoms with van der Waals surface area (Å²) in [6.07, 6.45) is 0. The lowest BCUT2D eigenvalue weighted by Crippen LogP contribution is -2.32. The van der Waals surface area contributed by atoms with Crippen molar-refractivity contribution in [1.82, 2.24) is 5.32 Å². The van der Waals surface area contributed by atoms with Crippen LogP contribution < -0.4 is 15.8 Å². The molecule has 0 radical (unpaired) electrons. The van der Waals surface area contributed by atoms with Crippen LogP contribution in [0, 0.1) is 5.92 Å². The van der Waals surface area contributed by atoms with Crippen molar-refractivity contribution in [1.29, 1.82) is 0 Å². The SMILES string of the molecule is COCCOc1ccc(CNC(=O)C(C)CN)cc1. The van der Waals surface area contributed by atoms with Crippen molar-refractivity contribution in [3.63, 3.8) is 0 Å². The molecule has 1 amide bonds. The standard InChI is InChI=1S/C14H22N2O3/c1-11(9-15)14(17)16-10-12-3-5-13(6-4-12)19-8-7-18-2/h3-6,11H,7-10,15H2,1-2H3,(H,16,17). The summed E-state index contributed by atoms with van der Waals surface area (Å²) in [6.45, 7) is 3.76. The fourth-order valence-corrected chi connectivity index (χ4v) is 1.42. The largest absolute Gasteiger partial charge is 0.491 e. The Kier molecular flexibility index (Phi) is 6.92. The third-order valence-corrected chi connectivity index (χ3v) is 2.75. The first-order chi connectivity index (χ1) is 9.17. The molecule has 106 valence electrons. The van der Waals surface area contributed by atoms with Gasteiger partial charge in [-0.3, -0.25) is 4.79 Å². The third kappa shape index (κ3) is 5.72. The van der Waals surface area contributed by atoms with Crippen molar-refractivity contribution in [3.8, 4) is 5.75 Å². The van der Waals surface area contributed by atoms with Crippen LogP contribution in [0.15, 0.2) is 24.3 Å². The number of hydrogen-bond donors (Lipinski definition) is 2. The molecule has 0 saturated carbocycles. The van der Waals surface area contributed by atoms with E-state index in [1.165, 1.54) is 0 Å². The fourth-order valence-electron chi connectivity index (χ4n) is 1.42. The van der Waals surface area contributed by atoms with Gasteiger partial charge in [-0.15, -0.1) is 0 Å². The van der Waals surface area contributed by atoms with E-state index in [0.717, 1.165) is 11.3 Å². The van der Waals surface area contributed by atoms with Gasteiger partial charge in [0.05, 0.1) is 6.61 Å². The molecule has 1 aromatic carbocycles. The normalized spacial score (nSPS) is 11.9. The first-order valence-electron chi connectivity index (χ1n) is 6.35. The van der Waals surface area contributed by atoms with E-state index in [1.807, 2.05) is 31.2 Å². The van der Waals surface area contributed by atoms with Crippen LogP contribution in [0.5, 0.6) is 5.75 Å². The predicted molar refractivity (Wildman–Crippen MR) is 73.9 cm³/mol. The molecule has 0 saturated heterocycles. The number of nitrogens with one attached hydrogen (secondary N) is 1. The van der Waals surface area contributed by atoms with Crippen molar-refractivity contribution < 1.29 is 14.3 Å². The Labute approximate surface area is 114 Å². The van der Waals surface area contributed by atoms with Gasteiger partial charge in [0.1, 0.15) is 12.4 Å². The van der Waals surface area contributed by atoms with E-state index in [4.69, 9.17) is 15.2 Å². The molecule has 1 unspecified atom stereocenters. The zero-order valence-corrected chi connectivity index (χ0v) is 11.5. The van der Waals surface area contributed by atoms with Gasteiger partial charge in [-0.1, -0.05) is 19.1 Å². The van der Waals surface area contributed by atoms with Crippen LogP contribution in [0.4, 0.5) is 0 Å². The number of amides is 1. The van der Waals surface area contributed by atoms with Gasteiger partial charge in [-0.05, 0) is 17.7 Å².